The van der Waals surface area contributed by atoms with E-state index in [1.165, 1.54) is 6.92 Å². The summed E-state index contributed by atoms with van der Waals surface area (Å²) in [5.74, 6) is -0.0810. The van der Waals surface area contributed by atoms with Gasteiger partial charge in [0, 0.05) is 19.0 Å². The van der Waals surface area contributed by atoms with Crippen LogP contribution in [0.4, 0.5) is 0 Å². The number of rotatable bonds is 3. The van der Waals surface area contributed by atoms with Gasteiger partial charge in [0.25, 0.3) is 5.24 Å². The van der Waals surface area contributed by atoms with Crippen molar-refractivity contribution >= 4 is 22.8 Å². The first kappa shape index (κ1) is 10.7. The molecule has 14 heavy (non-hydrogen) atoms. The fourth-order valence-corrected chi connectivity index (χ4v) is 1.11. The molecule has 1 N–H and O–H groups in total. The molecule has 0 aliphatic carbocycles. The van der Waals surface area contributed by atoms with Crippen LogP contribution in [0.1, 0.15) is 22.8 Å². The van der Waals surface area contributed by atoms with E-state index < -0.39 is 5.24 Å². The van der Waals surface area contributed by atoms with E-state index in [-0.39, 0.29) is 5.91 Å². The van der Waals surface area contributed by atoms with Gasteiger partial charge in [-0.3, -0.25) is 9.59 Å². The van der Waals surface area contributed by atoms with Gasteiger partial charge < -0.3 is 5.32 Å². The first-order chi connectivity index (χ1) is 6.59. The number of carbonyl (C=O) groups excluding carboxylic acids is 2. The highest BCUT2D eigenvalue weighted by Gasteiger charge is 2.00. The van der Waals surface area contributed by atoms with Crippen molar-refractivity contribution in [3.63, 3.8) is 0 Å². The molecule has 3 nitrogen and oxygen atoms in total. The van der Waals surface area contributed by atoms with Crippen molar-refractivity contribution in [3.8, 4) is 0 Å². The summed E-state index contributed by atoms with van der Waals surface area (Å²) >= 11 is 5.27. The number of hydrogen-bond acceptors (Lipinski definition) is 2. The van der Waals surface area contributed by atoms with E-state index in [1.807, 2.05) is 0 Å². The molecule has 0 fully saturated rings. The second-order valence-corrected chi connectivity index (χ2v) is 3.22. The SMILES string of the molecule is CC(=O)NCc1ccc(C(=O)Cl)cc1. The van der Waals surface area contributed by atoms with E-state index in [1.54, 1.807) is 24.3 Å². The molecule has 0 saturated carbocycles. The van der Waals surface area contributed by atoms with Crippen LogP contribution in [-0.2, 0) is 11.3 Å². The molecular formula is C10H10ClNO2. The minimum atomic E-state index is -0.476. The average molecular weight is 212 g/mol. The van der Waals surface area contributed by atoms with Gasteiger partial charge in [0.15, 0.2) is 0 Å². The minimum Gasteiger partial charge on any atom is -0.352 e. The molecule has 0 heterocycles. The molecule has 0 radical (unpaired) electrons. The van der Waals surface area contributed by atoms with Gasteiger partial charge in [-0.2, -0.15) is 0 Å². The molecule has 1 aromatic rings. The van der Waals surface area contributed by atoms with Crippen molar-refractivity contribution in [1.82, 2.24) is 5.32 Å². The summed E-state index contributed by atoms with van der Waals surface area (Å²) in [7, 11) is 0. The Kier molecular flexibility index (Phi) is 3.65. The Balaban J connectivity index is 2.64. The fourth-order valence-electron chi connectivity index (χ4n) is 0.980. The lowest BCUT2D eigenvalue weighted by molar-refractivity contribution is -0.119. The zero-order valence-electron chi connectivity index (χ0n) is 7.71. The summed E-state index contributed by atoms with van der Waals surface area (Å²) in [6.07, 6.45) is 0. The summed E-state index contributed by atoms with van der Waals surface area (Å²) in [4.78, 5) is 21.3. The molecule has 0 atom stereocenters. The summed E-state index contributed by atoms with van der Waals surface area (Å²) in [6.45, 7) is 1.92. The topological polar surface area (TPSA) is 46.2 Å². The number of hydrogen-bond donors (Lipinski definition) is 1. The Morgan fingerprint density at radius 1 is 1.29 bits per heavy atom. The van der Waals surface area contributed by atoms with Gasteiger partial charge in [-0.05, 0) is 29.3 Å². The lowest BCUT2D eigenvalue weighted by atomic mass is 10.1. The van der Waals surface area contributed by atoms with E-state index in [9.17, 15) is 9.59 Å². The molecule has 0 bridgehead atoms. The van der Waals surface area contributed by atoms with Crippen LogP contribution in [0.25, 0.3) is 0 Å². The highest BCUT2D eigenvalue weighted by atomic mass is 35.5. The monoisotopic (exact) mass is 211 g/mol. The van der Waals surface area contributed by atoms with Gasteiger partial charge in [0.1, 0.15) is 0 Å². The molecule has 0 aromatic heterocycles. The smallest absolute Gasteiger partial charge is 0.252 e. The van der Waals surface area contributed by atoms with E-state index in [0.29, 0.717) is 12.1 Å². The van der Waals surface area contributed by atoms with E-state index >= 15 is 0 Å². The quantitative estimate of drug-likeness (QED) is 0.774. The van der Waals surface area contributed by atoms with E-state index in [4.69, 9.17) is 11.6 Å². The van der Waals surface area contributed by atoms with Gasteiger partial charge in [-0.25, -0.2) is 0 Å². The first-order valence-electron chi connectivity index (χ1n) is 4.13. The number of amides is 1. The lowest BCUT2D eigenvalue weighted by Gasteiger charge is -2.02. The number of halogens is 1. The second-order valence-electron chi connectivity index (χ2n) is 2.88. The molecule has 4 heteroatoms. The summed E-state index contributed by atoms with van der Waals surface area (Å²) in [6, 6.07) is 6.77. The first-order valence-corrected chi connectivity index (χ1v) is 4.50. The fraction of sp³-hybridized carbons (Fsp3) is 0.200. The Morgan fingerprint density at radius 3 is 2.29 bits per heavy atom. The van der Waals surface area contributed by atoms with Gasteiger partial charge in [-0.15, -0.1) is 0 Å². The molecule has 0 saturated heterocycles. The average Bonchev–Trinajstić information content (AvgIpc) is 2.15. The van der Waals surface area contributed by atoms with Crippen molar-refractivity contribution in [2.45, 2.75) is 13.5 Å². The third-order valence-electron chi connectivity index (χ3n) is 1.72. The lowest BCUT2D eigenvalue weighted by Crippen LogP contribution is -2.18. The maximum atomic E-state index is 10.7. The summed E-state index contributed by atoms with van der Waals surface area (Å²) in [5.41, 5.74) is 1.39. The molecule has 0 aliphatic heterocycles. The Bertz CT molecular complexity index is 346. The van der Waals surface area contributed by atoms with Gasteiger partial charge in [0.2, 0.25) is 5.91 Å². The third-order valence-corrected chi connectivity index (χ3v) is 1.94. The van der Waals surface area contributed by atoms with Crippen molar-refractivity contribution in [2.24, 2.45) is 0 Å². The molecule has 1 rings (SSSR count). The van der Waals surface area contributed by atoms with Crippen molar-refractivity contribution < 1.29 is 9.59 Å². The van der Waals surface area contributed by atoms with Crippen LogP contribution < -0.4 is 5.32 Å². The van der Waals surface area contributed by atoms with Crippen LogP contribution in [-0.4, -0.2) is 11.1 Å². The zero-order chi connectivity index (χ0) is 10.6. The highest BCUT2D eigenvalue weighted by molar-refractivity contribution is 6.67. The second kappa shape index (κ2) is 4.77. The van der Waals surface area contributed by atoms with Crippen LogP contribution in [0.15, 0.2) is 24.3 Å². The Morgan fingerprint density at radius 2 is 1.86 bits per heavy atom. The maximum Gasteiger partial charge on any atom is 0.252 e. The van der Waals surface area contributed by atoms with Crippen molar-refractivity contribution in [3.05, 3.63) is 35.4 Å². The minimum absolute atomic E-state index is 0.0810. The highest BCUT2D eigenvalue weighted by Crippen LogP contribution is 2.06. The largest absolute Gasteiger partial charge is 0.352 e. The van der Waals surface area contributed by atoms with Crippen molar-refractivity contribution in [2.75, 3.05) is 0 Å². The summed E-state index contributed by atoms with van der Waals surface area (Å²) < 4.78 is 0. The molecule has 74 valence electrons. The van der Waals surface area contributed by atoms with Crippen LogP contribution >= 0.6 is 11.6 Å². The van der Waals surface area contributed by atoms with Crippen LogP contribution in [0, 0.1) is 0 Å². The molecular weight excluding hydrogens is 202 g/mol. The van der Waals surface area contributed by atoms with E-state index in [2.05, 4.69) is 5.32 Å². The van der Waals surface area contributed by atoms with Crippen molar-refractivity contribution in [1.29, 1.82) is 0 Å². The van der Waals surface area contributed by atoms with Crippen LogP contribution in [0.2, 0.25) is 0 Å². The molecule has 0 spiro atoms. The van der Waals surface area contributed by atoms with Gasteiger partial charge in [-0.1, -0.05) is 12.1 Å². The number of benzene rings is 1. The predicted molar refractivity (Wildman–Crippen MR) is 54.1 cm³/mol. The number of carbonyl (C=O) groups is 2. The normalized spacial score (nSPS) is 9.57. The van der Waals surface area contributed by atoms with Crippen LogP contribution in [0.3, 0.4) is 0 Å². The molecule has 0 aliphatic rings. The third kappa shape index (κ3) is 3.18. The Hall–Kier alpha value is -1.35. The molecule has 1 aromatic carbocycles. The molecule has 1 amide bonds. The van der Waals surface area contributed by atoms with E-state index in [0.717, 1.165) is 5.56 Å². The van der Waals surface area contributed by atoms with Gasteiger partial charge in [0.05, 0.1) is 0 Å². The van der Waals surface area contributed by atoms with Crippen LogP contribution in [0.5, 0.6) is 0 Å². The Labute approximate surface area is 87.1 Å². The predicted octanol–water partition coefficient (Wildman–Crippen LogP) is 1.70. The maximum absolute atomic E-state index is 10.7. The van der Waals surface area contributed by atoms with Gasteiger partial charge >= 0.3 is 0 Å². The molecule has 0 unspecified atom stereocenters. The standard InChI is InChI=1S/C10H10ClNO2/c1-7(13)12-6-8-2-4-9(5-3-8)10(11)14/h2-5H,6H2,1H3,(H,12,13). The zero-order valence-corrected chi connectivity index (χ0v) is 8.47. The number of nitrogens with one attached hydrogen (secondary N) is 1. The summed E-state index contributed by atoms with van der Waals surface area (Å²) in [5, 5.41) is 2.18.